The number of fused-ring (bicyclic) bond motifs is 1. The molecular formula is C24H24FN3O2. The summed E-state index contributed by atoms with van der Waals surface area (Å²) in [5, 5.41) is 0. The fraction of sp³-hybridized carbons (Fsp3) is 0.292. The van der Waals surface area contributed by atoms with Crippen LogP contribution in [-0.4, -0.2) is 27.3 Å². The molecule has 2 aromatic carbocycles. The van der Waals surface area contributed by atoms with Crippen molar-refractivity contribution >= 4 is 5.91 Å². The molecule has 0 atom stereocenters. The molecule has 1 aliphatic rings. The Hall–Kier alpha value is -3.28. The average molecular weight is 405 g/mol. The molecule has 0 unspecified atom stereocenters. The van der Waals surface area contributed by atoms with Crippen LogP contribution >= 0.6 is 0 Å². The standard InChI is InChI=1S/C24H24FN3O2/c1-2-3-5-16-8-10-17(11-9-16)24(30)28-13-12-21-20(15-28)23(29)27-22(26-21)18-6-4-7-19(25)14-18/h4,6-11,14H,2-3,5,12-13,15H2,1H3,(H,26,27,29). The van der Waals surface area contributed by atoms with E-state index in [1.807, 2.05) is 24.3 Å². The van der Waals surface area contributed by atoms with Gasteiger partial charge in [-0.1, -0.05) is 37.6 Å². The highest BCUT2D eigenvalue weighted by Crippen LogP contribution is 2.21. The second-order valence-electron chi connectivity index (χ2n) is 7.63. The molecule has 5 nitrogen and oxygen atoms in total. The highest BCUT2D eigenvalue weighted by atomic mass is 19.1. The van der Waals surface area contributed by atoms with Crippen LogP contribution in [0.2, 0.25) is 0 Å². The summed E-state index contributed by atoms with van der Waals surface area (Å²) >= 11 is 0. The molecule has 154 valence electrons. The van der Waals surface area contributed by atoms with Gasteiger partial charge in [0, 0.05) is 24.1 Å². The third kappa shape index (κ3) is 4.17. The highest BCUT2D eigenvalue weighted by molar-refractivity contribution is 5.94. The number of amides is 1. The van der Waals surface area contributed by atoms with Gasteiger partial charge >= 0.3 is 0 Å². The Labute approximate surface area is 174 Å². The molecule has 0 saturated carbocycles. The maximum absolute atomic E-state index is 13.5. The molecule has 0 saturated heterocycles. The quantitative estimate of drug-likeness (QED) is 0.695. The number of carbonyl (C=O) groups excluding carboxylic acids is 1. The molecule has 1 aliphatic heterocycles. The van der Waals surface area contributed by atoms with Gasteiger partial charge < -0.3 is 9.88 Å². The Balaban J connectivity index is 1.53. The number of halogens is 1. The number of H-pyrrole nitrogens is 1. The third-order valence-corrected chi connectivity index (χ3v) is 5.47. The lowest BCUT2D eigenvalue weighted by molar-refractivity contribution is 0.0732. The van der Waals surface area contributed by atoms with E-state index in [0.717, 1.165) is 19.3 Å². The van der Waals surface area contributed by atoms with Crippen LogP contribution in [0, 0.1) is 5.82 Å². The molecule has 1 aromatic heterocycles. The number of nitrogens with zero attached hydrogens (tertiary/aromatic N) is 2. The van der Waals surface area contributed by atoms with Crippen molar-refractivity contribution in [2.75, 3.05) is 6.54 Å². The Bertz CT molecular complexity index is 1120. The van der Waals surface area contributed by atoms with E-state index in [4.69, 9.17) is 0 Å². The van der Waals surface area contributed by atoms with Gasteiger partial charge in [0.1, 0.15) is 11.6 Å². The summed E-state index contributed by atoms with van der Waals surface area (Å²) in [5.74, 6) is -0.123. The van der Waals surface area contributed by atoms with Gasteiger partial charge in [0.05, 0.1) is 17.8 Å². The maximum atomic E-state index is 13.5. The minimum atomic E-state index is -0.384. The van der Waals surface area contributed by atoms with E-state index in [2.05, 4.69) is 16.9 Å². The molecule has 0 aliphatic carbocycles. The van der Waals surface area contributed by atoms with E-state index in [9.17, 15) is 14.0 Å². The zero-order valence-corrected chi connectivity index (χ0v) is 17.0. The van der Waals surface area contributed by atoms with Crippen LogP contribution in [0.15, 0.2) is 53.3 Å². The summed E-state index contributed by atoms with van der Waals surface area (Å²) in [5.41, 5.74) is 3.25. The van der Waals surface area contributed by atoms with Gasteiger partial charge in [-0.05, 0) is 42.7 Å². The first-order valence-corrected chi connectivity index (χ1v) is 10.3. The van der Waals surface area contributed by atoms with Crippen molar-refractivity contribution in [3.05, 3.63) is 87.1 Å². The Morgan fingerprint density at radius 3 is 2.73 bits per heavy atom. The second-order valence-corrected chi connectivity index (χ2v) is 7.63. The molecule has 0 fully saturated rings. The van der Waals surface area contributed by atoms with Crippen molar-refractivity contribution in [2.24, 2.45) is 0 Å². The predicted octanol–water partition coefficient (Wildman–Crippen LogP) is 4.12. The SMILES string of the molecule is CCCCc1ccc(C(=O)N2CCc3nc(-c4cccc(F)c4)[nH]c(=O)c3C2)cc1. The van der Waals surface area contributed by atoms with E-state index < -0.39 is 0 Å². The lowest BCUT2D eigenvalue weighted by Crippen LogP contribution is -2.39. The van der Waals surface area contributed by atoms with Crippen LogP contribution in [0.3, 0.4) is 0 Å². The van der Waals surface area contributed by atoms with Gasteiger partial charge in [0.25, 0.3) is 11.5 Å². The van der Waals surface area contributed by atoms with Gasteiger partial charge in [-0.3, -0.25) is 9.59 Å². The van der Waals surface area contributed by atoms with Crippen molar-refractivity contribution in [1.82, 2.24) is 14.9 Å². The number of aromatic amines is 1. The van der Waals surface area contributed by atoms with Crippen LogP contribution < -0.4 is 5.56 Å². The number of aryl methyl sites for hydroxylation is 1. The summed E-state index contributed by atoms with van der Waals surface area (Å²) < 4.78 is 13.5. The molecule has 2 heterocycles. The Morgan fingerprint density at radius 1 is 1.20 bits per heavy atom. The monoisotopic (exact) mass is 405 g/mol. The largest absolute Gasteiger partial charge is 0.334 e. The van der Waals surface area contributed by atoms with Crippen LogP contribution in [0.25, 0.3) is 11.4 Å². The third-order valence-electron chi connectivity index (χ3n) is 5.47. The minimum Gasteiger partial charge on any atom is -0.334 e. The van der Waals surface area contributed by atoms with Crippen molar-refractivity contribution in [1.29, 1.82) is 0 Å². The fourth-order valence-corrected chi connectivity index (χ4v) is 3.75. The lowest BCUT2D eigenvalue weighted by Gasteiger charge is -2.28. The molecule has 3 aromatic rings. The maximum Gasteiger partial charge on any atom is 0.256 e. The van der Waals surface area contributed by atoms with E-state index in [0.29, 0.717) is 41.2 Å². The molecule has 0 spiro atoms. The van der Waals surface area contributed by atoms with Crippen molar-refractivity contribution in [3.63, 3.8) is 0 Å². The second kappa shape index (κ2) is 8.61. The number of aromatic nitrogens is 2. The van der Waals surface area contributed by atoms with Gasteiger partial charge in [-0.2, -0.15) is 0 Å². The van der Waals surface area contributed by atoms with E-state index in [1.165, 1.54) is 17.7 Å². The average Bonchev–Trinajstić information content (AvgIpc) is 2.77. The summed E-state index contributed by atoms with van der Waals surface area (Å²) in [7, 11) is 0. The summed E-state index contributed by atoms with van der Waals surface area (Å²) in [6.45, 7) is 2.86. The Kier molecular flexibility index (Phi) is 5.74. The van der Waals surface area contributed by atoms with Gasteiger partial charge in [-0.25, -0.2) is 9.37 Å². The van der Waals surface area contributed by atoms with Crippen LogP contribution in [0.5, 0.6) is 0 Å². The molecule has 0 radical (unpaired) electrons. The molecule has 4 rings (SSSR count). The lowest BCUT2D eigenvalue weighted by atomic mass is 10.0. The van der Waals surface area contributed by atoms with Gasteiger partial charge in [0.15, 0.2) is 0 Å². The first-order chi connectivity index (χ1) is 14.5. The highest BCUT2D eigenvalue weighted by Gasteiger charge is 2.25. The van der Waals surface area contributed by atoms with E-state index >= 15 is 0 Å². The summed E-state index contributed by atoms with van der Waals surface area (Å²) in [6, 6.07) is 13.7. The van der Waals surface area contributed by atoms with Gasteiger partial charge in [0.2, 0.25) is 0 Å². The number of hydrogen-bond donors (Lipinski definition) is 1. The van der Waals surface area contributed by atoms with Crippen molar-refractivity contribution in [2.45, 2.75) is 39.2 Å². The smallest absolute Gasteiger partial charge is 0.256 e. The van der Waals surface area contributed by atoms with Crippen molar-refractivity contribution in [3.8, 4) is 11.4 Å². The number of benzene rings is 2. The molecule has 1 amide bonds. The van der Waals surface area contributed by atoms with E-state index in [1.54, 1.807) is 17.0 Å². The fourth-order valence-electron chi connectivity index (χ4n) is 3.75. The molecule has 0 bridgehead atoms. The normalized spacial score (nSPS) is 13.2. The molecule has 30 heavy (non-hydrogen) atoms. The topological polar surface area (TPSA) is 66.1 Å². The van der Waals surface area contributed by atoms with Crippen LogP contribution in [0.4, 0.5) is 4.39 Å². The summed E-state index contributed by atoms with van der Waals surface area (Å²) in [6.07, 6.45) is 3.76. The number of nitrogens with one attached hydrogen (secondary N) is 1. The number of rotatable bonds is 5. The van der Waals surface area contributed by atoms with E-state index in [-0.39, 0.29) is 23.8 Å². The summed E-state index contributed by atoms with van der Waals surface area (Å²) in [4.78, 5) is 34.5. The molecule has 1 N–H and O–H groups in total. The zero-order chi connectivity index (χ0) is 21.1. The van der Waals surface area contributed by atoms with Crippen LogP contribution in [0.1, 0.15) is 46.9 Å². The van der Waals surface area contributed by atoms with Crippen LogP contribution in [-0.2, 0) is 19.4 Å². The van der Waals surface area contributed by atoms with Crippen molar-refractivity contribution < 1.29 is 9.18 Å². The molecule has 6 heteroatoms. The Morgan fingerprint density at radius 2 is 2.00 bits per heavy atom. The number of unbranched alkanes of at least 4 members (excludes halogenated alkanes) is 1. The minimum absolute atomic E-state index is 0.0868. The first-order valence-electron chi connectivity index (χ1n) is 10.3. The van der Waals surface area contributed by atoms with Gasteiger partial charge in [-0.15, -0.1) is 0 Å². The molecular weight excluding hydrogens is 381 g/mol. The zero-order valence-electron chi connectivity index (χ0n) is 17.0. The number of hydrogen-bond acceptors (Lipinski definition) is 3. The first kappa shape index (κ1) is 20.0. The number of carbonyl (C=O) groups is 1. The predicted molar refractivity (Wildman–Crippen MR) is 114 cm³/mol.